The summed E-state index contributed by atoms with van der Waals surface area (Å²) in [6.45, 7) is 0. The first-order valence-corrected chi connectivity index (χ1v) is 9.73. The SMILES string of the molecule is O=C(Nc1ccc(Cl)cc1Cl)NC(CC(=O)c1ccc([N+](=O)[O-])cc1)C(Cl)(Cl)Cl. The lowest BCUT2D eigenvalue weighted by molar-refractivity contribution is -0.384. The molecular weight excluding hydrogens is 487 g/mol. The molecule has 2 amide bonds. The summed E-state index contributed by atoms with van der Waals surface area (Å²) in [4.78, 5) is 34.8. The predicted molar refractivity (Wildman–Crippen MR) is 115 cm³/mol. The standard InChI is InChI=1S/C17H12Cl5N3O4/c18-10-3-6-13(12(19)7-10)23-16(27)24-15(17(20,21)22)8-14(26)9-1-4-11(5-2-9)25(28)29/h1-7,15H,8H2,(H2,23,24,27). The van der Waals surface area contributed by atoms with Crippen LogP contribution >= 0.6 is 58.0 Å². The number of halogens is 5. The molecule has 0 radical (unpaired) electrons. The van der Waals surface area contributed by atoms with Crippen molar-refractivity contribution in [3.8, 4) is 0 Å². The van der Waals surface area contributed by atoms with Gasteiger partial charge in [-0.1, -0.05) is 58.0 Å². The van der Waals surface area contributed by atoms with Crippen LogP contribution in [0.2, 0.25) is 10.0 Å². The molecule has 2 N–H and O–H groups in total. The van der Waals surface area contributed by atoms with Crippen LogP contribution in [0.5, 0.6) is 0 Å². The Labute approximate surface area is 190 Å². The molecule has 0 spiro atoms. The number of amides is 2. The van der Waals surface area contributed by atoms with Gasteiger partial charge in [-0.25, -0.2) is 4.79 Å². The van der Waals surface area contributed by atoms with Crippen molar-refractivity contribution in [1.29, 1.82) is 0 Å². The van der Waals surface area contributed by atoms with Gasteiger partial charge in [-0.05, 0) is 30.3 Å². The fourth-order valence-corrected chi connectivity index (χ4v) is 3.08. The van der Waals surface area contributed by atoms with E-state index in [-0.39, 0.29) is 28.4 Å². The summed E-state index contributed by atoms with van der Waals surface area (Å²) in [7, 11) is 0. The summed E-state index contributed by atoms with van der Waals surface area (Å²) < 4.78 is -2.00. The number of nitro benzene ring substituents is 1. The maximum atomic E-state index is 12.5. The molecule has 29 heavy (non-hydrogen) atoms. The van der Waals surface area contributed by atoms with Gasteiger partial charge in [-0.2, -0.15) is 0 Å². The van der Waals surface area contributed by atoms with Crippen LogP contribution in [-0.4, -0.2) is 26.6 Å². The fraction of sp³-hybridized carbons (Fsp3) is 0.176. The van der Waals surface area contributed by atoms with E-state index in [9.17, 15) is 19.7 Å². The maximum Gasteiger partial charge on any atom is 0.319 e. The first-order chi connectivity index (χ1) is 13.5. The van der Waals surface area contributed by atoms with E-state index in [1.807, 2.05) is 0 Å². The maximum absolute atomic E-state index is 12.5. The van der Waals surface area contributed by atoms with E-state index in [4.69, 9.17) is 58.0 Å². The number of hydrogen-bond acceptors (Lipinski definition) is 4. The number of nitro groups is 1. The van der Waals surface area contributed by atoms with Gasteiger partial charge in [0.2, 0.25) is 3.79 Å². The van der Waals surface area contributed by atoms with Crippen LogP contribution in [0, 0.1) is 10.1 Å². The van der Waals surface area contributed by atoms with Gasteiger partial charge in [-0.15, -0.1) is 0 Å². The average molecular weight is 500 g/mol. The monoisotopic (exact) mass is 497 g/mol. The largest absolute Gasteiger partial charge is 0.330 e. The van der Waals surface area contributed by atoms with Crippen molar-refractivity contribution in [2.45, 2.75) is 16.3 Å². The van der Waals surface area contributed by atoms with Gasteiger partial charge in [-0.3, -0.25) is 14.9 Å². The summed E-state index contributed by atoms with van der Waals surface area (Å²) in [5.41, 5.74) is 0.257. The van der Waals surface area contributed by atoms with Crippen molar-refractivity contribution in [2.75, 3.05) is 5.32 Å². The molecule has 0 heterocycles. The molecule has 0 aromatic heterocycles. The van der Waals surface area contributed by atoms with Gasteiger partial charge < -0.3 is 10.6 Å². The highest BCUT2D eigenvalue weighted by molar-refractivity contribution is 6.68. The van der Waals surface area contributed by atoms with E-state index < -0.39 is 26.6 Å². The number of carbonyl (C=O) groups is 2. The van der Waals surface area contributed by atoms with Crippen molar-refractivity contribution in [3.05, 3.63) is 68.2 Å². The van der Waals surface area contributed by atoms with Crippen molar-refractivity contribution in [1.82, 2.24) is 5.32 Å². The molecule has 12 heteroatoms. The Morgan fingerprint density at radius 3 is 2.21 bits per heavy atom. The number of anilines is 1. The minimum atomic E-state index is -2.00. The zero-order valence-electron chi connectivity index (χ0n) is 14.3. The number of urea groups is 1. The Morgan fingerprint density at radius 2 is 1.69 bits per heavy atom. The van der Waals surface area contributed by atoms with Crippen LogP contribution in [0.3, 0.4) is 0 Å². The van der Waals surface area contributed by atoms with Gasteiger partial charge in [0.1, 0.15) is 0 Å². The number of Topliss-reactive ketones (excluding diaryl/α,β-unsaturated/α-hetero) is 1. The Hall–Kier alpha value is -1.77. The Morgan fingerprint density at radius 1 is 1.07 bits per heavy atom. The quantitative estimate of drug-likeness (QED) is 0.219. The van der Waals surface area contributed by atoms with Gasteiger partial charge in [0.25, 0.3) is 5.69 Å². The minimum Gasteiger partial charge on any atom is -0.330 e. The normalized spacial score (nSPS) is 12.2. The summed E-state index contributed by atoms with van der Waals surface area (Å²) >= 11 is 29.5. The molecule has 1 unspecified atom stereocenters. The number of nitrogens with zero attached hydrogens (tertiary/aromatic N) is 1. The van der Waals surface area contributed by atoms with Gasteiger partial charge in [0, 0.05) is 29.1 Å². The van der Waals surface area contributed by atoms with Gasteiger partial charge >= 0.3 is 6.03 Å². The van der Waals surface area contributed by atoms with Crippen LogP contribution in [0.4, 0.5) is 16.2 Å². The Kier molecular flexibility index (Phi) is 7.96. The number of non-ortho nitro benzene ring substituents is 1. The number of rotatable bonds is 6. The highest BCUT2D eigenvalue weighted by atomic mass is 35.6. The first kappa shape index (κ1) is 23.5. The first-order valence-electron chi connectivity index (χ1n) is 7.84. The molecular formula is C17H12Cl5N3O4. The van der Waals surface area contributed by atoms with Crippen LogP contribution in [0.25, 0.3) is 0 Å². The molecule has 0 saturated carbocycles. The van der Waals surface area contributed by atoms with Crippen LogP contribution in [-0.2, 0) is 0 Å². The molecule has 2 aromatic rings. The third-order valence-corrected chi connectivity index (χ3v) is 5.01. The van der Waals surface area contributed by atoms with Crippen molar-refractivity contribution < 1.29 is 14.5 Å². The van der Waals surface area contributed by atoms with Crippen LogP contribution in [0.15, 0.2) is 42.5 Å². The zero-order chi connectivity index (χ0) is 21.8. The number of alkyl halides is 3. The van der Waals surface area contributed by atoms with E-state index >= 15 is 0 Å². The van der Waals surface area contributed by atoms with Crippen molar-refractivity contribution >= 4 is 81.2 Å². The lowest BCUT2D eigenvalue weighted by Gasteiger charge is -2.25. The summed E-state index contributed by atoms with van der Waals surface area (Å²) in [6.07, 6.45) is -0.365. The van der Waals surface area contributed by atoms with Gasteiger partial charge in [0.15, 0.2) is 5.78 Å². The topological polar surface area (TPSA) is 101 Å². The minimum absolute atomic E-state index is 0.165. The molecule has 0 aliphatic carbocycles. The molecule has 2 aromatic carbocycles. The van der Waals surface area contributed by atoms with E-state index in [0.717, 1.165) is 0 Å². The molecule has 0 fully saturated rings. The van der Waals surface area contributed by atoms with E-state index in [1.54, 1.807) is 0 Å². The van der Waals surface area contributed by atoms with Crippen molar-refractivity contribution in [2.24, 2.45) is 0 Å². The third-order valence-electron chi connectivity index (χ3n) is 3.67. The molecule has 0 aliphatic rings. The Balaban J connectivity index is 2.09. The Bertz CT molecular complexity index is 932. The van der Waals surface area contributed by atoms with Crippen molar-refractivity contribution in [3.63, 3.8) is 0 Å². The molecule has 1 atom stereocenters. The number of hydrogen-bond donors (Lipinski definition) is 2. The number of ketones is 1. The van der Waals surface area contributed by atoms with Gasteiger partial charge in [0.05, 0.1) is 21.7 Å². The lowest BCUT2D eigenvalue weighted by atomic mass is 10.0. The predicted octanol–water partition coefficient (Wildman–Crippen LogP) is 6.03. The number of benzene rings is 2. The molecule has 0 saturated heterocycles. The number of carbonyl (C=O) groups excluding carboxylic acids is 2. The summed E-state index contributed by atoms with van der Waals surface area (Å²) in [6, 6.07) is 7.41. The van der Waals surface area contributed by atoms with E-state index in [1.165, 1.54) is 42.5 Å². The third kappa shape index (κ3) is 6.90. The molecule has 2 rings (SSSR count). The zero-order valence-corrected chi connectivity index (χ0v) is 18.1. The number of nitrogens with one attached hydrogen (secondary N) is 2. The van der Waals surface area contributed by atoms with E-state index in [2.05, 4.69) is 10.6 Å². The van der Waals surface area contributed by atoms with Crippen LogP contribution in [0.1, 0.15) is 16.8 Å². The van der Waals surface area contributed by atoms with Crippen LogP contribution < -0.4 is 10.6 Å². The second kappa shape index (κ2) is 9.82. The fourth-order valence-electron chi connectivity index (χ4n) is 2.23. The average Bonchev–Trinajstić information content (AvgIpc) is 2.62. The molecule has 0 bridgehead atoms. The molecule has 0 aliphatic heterocycles. The molecule has 154 valence electrons. The summed E-state index contributed by atoms with van der Waals surface area (Å²) in [5.74, 6) is -0.485. The van der Waals surface area contributed by atoms with E-state index in [0.29, 0.717) is 5.02 Å². The molecule has 7 nitrogen and oxygen atoms in total. The highest BCUT2D eigenvalue weighted by Crippen LogP contribution is 2.33. The summed E-state index contributed by atoms with van der Waals surface area (Å²) in [5, 5.41) is 16.2. The lowest BCUT2D eigenvalue weighted by Crippen LogP contribution is -2.46. The second-order valence-corrected chi connectivity index (χ2v) is 8.96. The smallest absolute Gasteiger partial charge is 0.319 e. The second-order valence-electron chi connectivity index (χ2n) is 5.75. The highest BCUT2D eigenvalue weighted by Gasteiger charge is 2.36.